The van der Waals surface area contributed by atoms with E-state index in [9.17, 15) is 40.5 Å². The smallest absolute Gasteiger partial charge is 0.303 e. The lowest BCUT2D eigenvalue weighted by atomic mass is 9.41. The molecule has 0 radical (unpaired) electrons. The van der Waals surface area contributed by atoms with Crippen LogP contribution in [0.5, 0.6) is 0 Å². The molecule has 11 heteroatoms. The number of hydrogen-bond acceptors (Lipinski definition) is 11. The molecule has 276 valence electrons. The molecule has 16 atom stereocenters. The van der Waals surface area contributed by atoms with Gasteiger partial charge in [-0.25, -0.2) is 0 Å². The normalized spacial score (nSPS) is 51.4. The third kappa shape index (κ3) is 5.03. The Kier molecular flexibility index (Phi) is 8.88. The van der Waals surface area contributed by atoms with E-state index < -0.39 is 76.8 Å². The summed E-state index contributed by atoms with van der Waals surface area (Å²) in [6.07, 6.45) is -1.45. The molecule has 0 bridgehead atoms. The van der Waals surface area contributed by atoms with E-state index in [1.165, 1.54) is 20.8 Å². The SMILES string of the molecule is CC(=O)O[C@H]1[C@H](O)[C@H]([C@@](C)(O)CC[C@@H](O)C(C)(C)O)[C@@]2(C)CC[C@@]34C[C@@]35CC[C@H](O[C@@H]3OC[C@@H](O)[C@H](O)[C@H]3O)C(C)(C)[C@@H]5CC[C@@H]4[C@]12C. The third-order valence-corrected chi connectivity index (χ3v) is 15.6. The zero-order valence-corrected chi connectivity index (χ0v) is 30.2. The van der Waals surface area contributed by atoms with Gasteiger partial charge < -0.3 is 50.0 Å². The Morgan fingerprint density at radius 1 is 0.896 bits per heavy atom. The van der Waals surface area contributed by atoms with Crippen LogP contribution in [-0.2, 0) is 19.0 Å². The number of esters is 1. The van der Waals surface area contributed by atoms with Gasteiger partial charge in [-0.1, -0.05) is 27.7 Å². The first-order chi connectivity index (χ1) is 22.0. The molecule has 11 nitrogen and oxygen atoms in total. The van der Waals surface area contributed by atoms with Gasteiger partial charge in [-0.3, -0.25) is 4.79 Å². The minimum atomic E-state index is -1.40. The van der Waals surface area contributed by atoms with Crippen LogP contribution in [0.1, 0.15) is 113 Å². The van der Waals surface area contributed by atoms with Crippen molar-refractivity contribution in [1.29, 1.82) is 0 Å². The first-order valence-electron chi connectivity index (χ1n) is 18.3. The maximum absolute atomic E-state index is 12.6. The lowest BCUT2D eigenvalue weighted by Gasteiger charge is -2.64. The minimum Gasteiger partial charge on any atom is -0.459 e. The summed E-state index contributed by atoms with van der Waals surface area (Å²) < 4.78 is 18.2. The van der Waals surface area contributed by atoms with E-state index >= 15 is 0 Å². The van der Waals surface area contributed by atoms with Crippen molar-refractivity contribution in [3.63, 3.8) is 0 Å². The van der Waals surface area contributed by atoms with Gasteiger partial charge in [0.15, 0.2) is 6.29 Å². The van der Waals surface area contributed by atoms with E-state index in [1.54, 1.807) is 6.92 Å². The Labute approximate surface area is 285 Å². The van der Waals surface area contributed by atoms with Crippen molar-refractivity contribution < 1.29 is 54.8 Å². The van der Waals surface area contributed by atoms with Crippen LogP contribution >= 0.6 is 0 Å². The highest BCUT2D eigenvalue weighted by Crippen LogP contribution is 2.89. The van der Waals surface area contributed by atoms with Crippen LogP contribution in [0.2, 0.25) is 0 Å². The van der Waals surface area contributed by atoms with Crippen molar-refractivity contribution in [2.24, 2.45) is 44.8 Å². The van der Waals surface area contributed by atoms with Gasteiger partial charge in [-0.2, -0.15) is 0 Å². The van der Waals surface area contributed by atoms with Crippen molar-refractivity contribution in [2.75, 3.05) is 6.61 Å². The molecule has 6 aliphatic rings. The first kappa shape index (κ1) is 36.9. The van der Waals surface area contributed by atoms with Gasteiger partial charge in [0.1, 0.15) is 24.4 Å². The van der Waals surface area contributed by atoms with Crippen LogP contribution in [0.15, 0.2) is 0 Å². The van der Waals surface area contributed by atoms with Crippen molar-refractivity contribution >= 4 is 5.97 Å². The molecular weight excluding hydrogens is 620 g/mol. The fraction of sp³-hybridized carbons (Fsp3) is 0.973. The Balaban J connectivity index is 1.29. The topological polar surface area (TPSA) is 186 Å². The van der Waals surface area contributed by atoms with E-state index in [2.05, 4.69) is 27.7 Å². The van der Waals surface area contributed by atoms with Crippen molar-refractivity contribution in [2.45, 2.75) is 173 Å². The van der Waals surface area contributed by atoms with Gasteiger partial charge in [0.2, 0.25) is 0 Å². The van der Waals surface area contributed by atoms with E-state index in [0.717, 1.165) is 44.9 Å². The highest BCUT2D eigenvalue weighted by molar-refractivity contribution is 5.66. The molecule has 0 aromatic rings. The summed E-state index contributed by atoms with van der Waals surface area (Å²) in [4.78, 5) is 12.6. The number of fused-ring (bicyclic) bond motifs is 2. The average molecular weight is 683 g/mol. The Morgan fingerprint density at radius 3 is 2.15 bits per heavy atom. The monoisotopic (exact) mass is 682 g/mol. The summed E-state index contributed by atoms with van der Waals surface area (Å²) in [5.41, 5.74) is -4.15. The molecule has 0 unspecified atom stereocenters. The number of hydrogen-bond donors (Lipinski definition) is 7. The number of carbonyl (C=O) groups is 1. The third-order valence-electron chi connectivity index (χ3n) is 15.6. The summed E-state index contributed by atoms with van der Waals surface area (Å²) in [5, 5.41) is 76.1. The molecule has 7 N–H and O–H groups in total. The summed E-state index contributed by atoms with van der Waals surface area (Å²) in [6, 6.07) is 0. The maximum Gasteiger partial charge on any atom is 0.303 e. The van der Waals surface area contributed by atoms with Gasteiger partial charge in [-0.15, -0.1) is 0 Å². The first-order valence-corrected chi connectivity index (χ1v) is 18.3. The van der Waals surface area contributed by atoms with Crippen LogP contribution in [0.25, 0.3) is 0 Å². The van der Waals surface area contributed by atoms with Crippen LogP contribution < -0.4 is 0 Å². The molecule has 0 aromatic carbocycles. The second-order valence-electron chi connectivity index (χ2n) is 18.7. The van der Waals surface area contributed by atoms with Crippen LogP contribution in [0.3, 0.4) is 0 Å². The Hall–Kier alpha value is -0.890. The predicted molar refractivity (Wildman–Crippen MR) is 174 cm³/mol. The number of carbonyl (C=O) groups excluding carboxylic acids is 1. The standard InChI is InChI=1S/C37H62O11/c1-19(38)47-29-27(43)28(34(7,45)13-11-23(40)32(4,5)44)33(6)15-16-37-18-36(37)14-12-24(48-30-26(42)25(41)20(39)17-46-30)31(2,3)21(36)9-10-22(37)35(29,33)8/h20-30,39-45H,9-18H2,1-8H3/t20-,21+,22-,23-,24+,25+,26-,27-,28+,29+,30+,33-,34+,35-,36-,37+/m1/s1. The van der Waals surface area contributed by atoms with Crippen LogP contribution in [0.4, 0.5) is 0 Å². The van der Waals surface area contributed by atoms with Gasteiger partial charge >= 0.3 is 5.97 Å². The lowest BCUT2D eigenvalue weighted by molar-refractivity contribution is -0.303. The number of ether oxygens (including phenoxy) is 3. The van der Waals surface area contributed by atoms with E-state index in [0.29, 0.717) is 5.92 Å². The molecule has 48 heavy (non-hydrogen) atoms. The second-order valence-corrected chi connectivity index (χ2v) is 18.7. The van der Waals surface area contributed by atoms with E-state index in [4.69, 9.17) is 14.2 Å². The van der Waals surface area contributed by atoms with Crippen molar-refractivity contribution in [3.8, 4) is 0 Å². The Morgan fingerprint density at radius 2 is 1.52 bits per heavy atom. The molecule has 5 aliphatic carbocycles. The molecule has 5 saturated carbocycles. The molecule has 2 spiro atoms. The highest BCUT2D eigenvalue weighted by Gasteiger charge is 2.85. The number of aliphatic hydroxyl groups excluding tert-OH is 5. The average Bonchev–Trinajstić information content (AvgIpc) is 3.61. The number of aliphatic hydroxyl groups is 7. The van der Waals surface area contributed by atoms with Crippen molar-refractivity contribution in [3.05, 3.63) is 0 Å². The second kappa shape index (κ2) is 11.6. The van der Waals surface area contributed by atoms with Gasteiger partial charge in [-0.05, 0) is 112 Å². The highest BCUT2D eigenvalue weighted by atomic mass is 16.7. The van der Waals surface area contributed by atoms with Gasteiger partial charge in [0.25, 0.3) is 0 Å². The molecule has 0 aromatic heterocycles. The molecule has 6 rings (SSSR count). The summed E-state index contributed by atoms with van der Waals surface area (Å²) in [7, 11) is 0. The molecular formula is C37H62O11. The number of rotatable bonds is 8. The van der Waals surface area contributed by atoms with E-state index in [-0.39, 0.29) is 47.7 Å². The largest absolute Gasteiger partial charge is 0.459 e. The molecule has 1 heterocycles. The minimum absolute atomic E-state index is 0.0104. The van der Waals surface area contributed by atoms with Crippen LogP contribution in [0, 0.1) is 44.8 Å². The summed E-state index contributed by atoms with van der Waals surface area (Å²) >= 11 is 0. The fourth-order valence-corrected chi connectivity index (χ4v) is 13.0. The summed E-state index contributed by atoms with van der Waals surface area (Å²) in [5.74, 6) is -0.600. The van der Waals surface area contributed by atoms with E-state index in [1.807, 2.05) is 0 Å². The quantitative estimate of drug-likeness (QED) is 0.147. The lowest BCUT2D eigenvalue weighted by Crippen LogP contribution is -2.62. The molecule has 6 fully saturated rings. The predicted octanol–water partition coefficient (Wildman–Crippen LogP) is 2.43. The van der Waals surface area contributed by atoms with Crippen LogP contribution in [-0.4, -0.2) is 109 Å². The Bertz CT molecular complexity index is 1250. The fourth-order valence-electron chi connectivity index (χ4n) is 13.0. The summed E-state index contributed by atoms with van der Waals surface area (Å²) in [6.45, 7) is 14.9. The maximum atomic E-state index is 12.6. The molecule has 1 aliphatic heterocycles. The molecule has 0 amide bonds. The van der Waals surface area contributed by atoms with Crippen molar-refractivity contribution in [1.82, 2.24) is 0 Å². The molecule has 1 saturated heterocycles. The van der Waals surface area contributed by atoms with Gasteiger partial charge in [0, 0.05) is 18.3 Å². The van der Waals surface area contributed by atoms with Gasteiger partial charge in [0.05, 0.1) is 36.1 Å². The zero-order chi connectivity index (χ0) is 35.6. The zero-order valence-electron chi connectivity index (χ0n) is 30.2.